The van der Waals surface area contributed by atoms with Gasteiger partial charge in [0.05, 0.1) is 17.9 Å². The van der Waals surface area contributed by atoms with Crippen LogP contribution in [0.25, 0.3) is 16.6 Å². The average molecular weight is 385 g/mol. The van der Waals surface area contributed by atoms with Gasteiger partial charge in [0.1, 0.15) is 5.75 Å². The summed E-state index contributed by atoms with van der Waals surface area (Å²) in [4.78, 5) is 12.6. The fourth-order valence-corrected chi connectivity index (χ4v) is 4.58. The highest BCUT2D eigenvalue weighted by Gasteiger charge is 2.23. The number of aromatic nitrogens is 3. The van der Waals surface area contributed by atoms with E-state index in [0.29, 0.717) is 6.04 Å². The fraction of sp³-hybridized carbons (Fsp3) is 0.450. The smallest absolute Gasteiger partial charge is 0.233 e. The lowest BCUT2D eigenvalue weighted by Crippen LogP contribution is -2.37. The van der Waals surface area contributed by atoms with E-state index in [0.717, 1.165) is 45.9 Å². The van der Waals surface area contributed by atoms with Gasteiger partial charge in [-0.05, 0) is 50.5 Å². The Morgan fingerprint density at radius 1 is 1.30 bits per heavy atom. The molecular formula is C20H24N4O2S. The largest absolute Gasteiger partial charge is 0.497 e. The number of aryl methyl sites for hydroxylation is 1. The molecule has 3 aromatic rings. The maximum absolute atomic E-state index is 12.6. The molecule has 1 aliphatic carbocycles. The third-order valence-corrected chi connectivity index (χ3v) is 6.27. The van der Waals surface area contributed by atoms with Crippen LogP contribution in [0, 0.1) is 6.92 Å². The van der Waals surface area contributed by atoms with Gasteiger partial charge in [-0.1, -0.05) is 24.6 Å². The van der Waals surface area contributed by atoms with Crippen LogP contribution in [0.3, 0.4) is 0 Å². The molecule has 4 rings (SSSR count). The molecule has 27 heavy (non-hydrogen) atoms. The van der Waals surface area contributed by atoms with Gasteiger partial charge in [-0.3, -0.25) is 9.20 Å². The summed E-state index contributed by atoms with van der Waals surface area (Å²) in [5.74, 6) is 0.851. The number of rotatable bonds is 5. The number of nitrogens with one attached hydrogen (secondary N) is 1. The van der Waals surface area contributed by atoms with Crippen molar-refractivity contribution in [1.29, 1.82) is 0 Å². The third kappa shape index (κ3) is 3.48. The third-order valence-electron chi connectivity index (χ3n) is 5.23. The molecule has 1 aromatic carbocycles. The number of amides is 1. The van der Waals surface area contributed by atoms with Crippen molar-refractivity contribution in [1.82, 2.24) is 19.9 Å². The Kier molecular flexibility index (Phi) is 4.95. The van der Waals surface area contributed by atoms with Crippen molar-refractivity contribution in [3.63, 3.8) is 0 Å². The van der Waals surface area contributed by atoms with E-state index in [1.807, 2.05) is 35.6 Å². The normalized spacial score (nSPS) is 16.1. The standard InChI is InChI=1S/C20H24N4O2S/c1-12-10-18-22-23-20(24(18)17-11-15(26-3)8-9-16(12)17)27-13(2)19(25)21-14-6-4-5-7-14/h8-11,13-14H,4-7H2,1-3H3,(H,21,25). The van der Waals surface area contributed by atoms with Crippen LogP contribution in [-0.2, 0) is 4.79 Å². The highest BCUT2D eigenvalue weighted by atomic mass is 32.2. The summed E-state index contributed by atoms with van der Waals surface area (Å²) >= 11 is 1.44. The van der Waals surface area contributed by atoms with Crippen LogP contribution < -0.4 is 10.1 Å². The van der Waals surface area contributed by atoms with Crippen molar-refractivity contribution in [3.05, 3.63) is 29.8 Å². The molecule has 2 aromatic heterocycles. The summed E-state index contributed by atoms with van der Waals surface area (Å²) in [7, 11) is 1.66. The molecule has 0 aliphatic heterocycles. The molecule has 1 aliphatic rings. The quantitative estimate of drug-likeness (QED) is 0.679. The molecule has 0 bridgehead atoms. The van der Waals surface area contributed by atoms with Gasteiger partial charge >= 0.3 is 0 Å². The van der Waals surface area contributed by atoms with E-state index in [9.17, 15) is 4.79 Å². The Bertz CT molecular complexity index is 994. The minimum absolute atomic E-state index is 0.0673. The number of fused-ring (bicyclic) bond motifs is 3. The minimum atomic E-state index is -0.236. The first-order valence-electron chi connectivity index (χ1n) is 9.36. The molecule has 1 fully saturated rings. The SMILES string of the molecule is COc1ccc2c(C)cc3nnc(SC(C)C(=O)NC4CCCC4)n3c2c1. The minimum Gasteiger partial charge on any atom is -0.497 e. The van der Waals surface area contributed by atoms with E-state index >= 15 is 0 Å². The van der Waals surface area contributed by atoms with E-state index in [2.05, 4.69) is 22.4 Å². The summed E-state index contributed by atoms with van der Waals surface area (Å²) in [6.45, 7) is 3.99. The maximum Gasteiger partial charge on any atom is 0.233 e. The number of carbonyl (C=O) groups excluding carboxylic acids is 1. The van der Waals surface area contributed by atoms with E-state index in [-0.39, 0.29) is 11.2 Å². The lowest BCUT2D eigenvalue weighted by Gasteiger charge is -2.16. The van der Waals surface area contributed by atoms with Crippen LogP contribution in [0.1, 0.15) is 38.2 Å². The van der Waals surface area contributed by atoms with Crippen molar-refractivity contribution >= 4 is 34.2 Å². The first-order chi connectivity index (χ1) is 13.1. The molecule has 0 radical (unpaired) electrons. The zero-order valence-electron chi connectivity index (χ0n) is 15.9. The van der Waals surface area contributed by atoms with Crippen LogP contribution in [0.4, 0.5) is 0 Å². The summed E-state index contributed by atoms with van der Waals surface area (Å²) in [6, 6.07) is 8.34. The summed E-state index contributed by atoms with van der Waals surface area (Å²) in [5, 5.41) is 13.4. The molecule has 0 spiro atoms. The van der Waals surface area contributed by atoms with Crippen LogP contribution in [0.2, 0.25) is 0 Å². The second kappa shape index (κ2) is 7.38. The molecule has 2 heterocycles. The molecule has 1 N–H and O–H groups in total. The lowest BCUT2D eigenvalue weighted by molar-refractivity contribution is -0.120. The zero-order chi connectivity index (χ0) is 19.0. The Balaban J connectivity index is 1.67. The number of pyridine rings is 1. The van der Waals surface area contributed by atoms with E-state index in [4.69, 9.17) is 4.74 Å². The Hall–Kier alpha value is -2.28. The summed E-state index contributed by atoms with van der Waals surface area (Å²) in [5.41, 5.74) is 2.90. The summed E-state index contributed by atoms with van der Waals surface area (Å²) in [6.07, 6.45) is 4.57. The second-order valence-electron chi connectivity index (χ2n) is 7.14. The van der Waals surface area contributed by atoms with Crippen molar-refractivity contribution in [3.8, 4) is 5.75 Å². The predicted octanol–water partition coefficient (Wildman–Crippen LogP) is 3.74. The molecule has 0 saturated heterocycles. The van der Waals surface area contributed by atoms with E-state index < -0.39 is 0 Å². The number of ether oxygens (including phenoxy) is 1. The second-order valence-corrected chi connectivity index (χ2v) is 8.44. The zero-order valence-corrected chi connectivity index (χ0v) is 16.7. The average Bonchev–Trinajstić information content (AvgIpc) is 3.31. The van der Waals surface area contributed by atoms with Gasteiger partial charge in [0, 0.05) is 17.5 Å². The van der Waals surface area contributed by atoms with Crippen LogP contribution in [0.5, 0.6) is 5.75 Å². The van der Waals surface area contributed by atoms with Gasteiger partial charge in [0.2, 0.25) is 5.91 Å². The highest BCUT2D eigenvalue weighted by molar-refractivity contribution is 8.00. The van der Waals surface area contributed by atoms with Gasteiger partial charge in [-0.15, -0.1) is 10.2 Å². The number of benzene rings is 1. The Morgan fingerprint density at radius 2 is 2.07 bits per heavy atom. The monoisotopic (exact) mass is 384 g/mol. The van der Waals surface area contributed by atoms with Gasteiger partial charge in [-0.25, -0.2) is 0 Å². The van der Waals surface area contributed by atoms with Crippen molar-refractivity contribution < 1.29 is 9.53 Å². The van der Waals surface area contributed by atoms with Gasteiger partial charge < -0.3 is 10.1 Å². The van der Waals surface area contributed by atoms with Crippen LogP contribution in [-0.4, -0.2) is 38.9 Å². The molecule has 6 nitrogen and oxygen atoms in total. The Morgan fingerprint density at radius 3 is 2.81 bits per heavy atom. The molecule has 1 atom stereocenters. The van der Waals surface area contributed by atoms with Gasteiger partial charge in [0.15, 0.2) is 10.8 Å². The molecule has 142 valence electrons. The van der Waals surface area contributed by atoms with Crippen LogP contribution in [0.15, 0.2) is 29.4 Å². The molecular weight excluding hydrogens is 360 g/mol. The van der Waals surface area contributed by atoms with Crippen molar-refractivity contribution in [2.24, 2.45) is 0 Å². The highest BCUT2D eigenvalue weighted by Crippen LogP contribution is 2.30. The molecule has 1 saturated carbocycles. The lowest BCUT2D eigenvalue weighted by atomic mass is 10.1. The number of nitrogens with zero attached hydrogens (tertiary/aromatic N) is 3. The first kappa shape index (κ1) is 18.1. The predicted molar refractivity (Wildman–Crippen MR) is 107 cm³/mol. The number of hydrogen-bond acceptors (Lipinski definition) is 5. The number of methoxy groups -OCH3 is 1. The molecule has 1 unspecified atom stereocenters. The molecule has 1 amide bonds. The summed E-state index contributed by atoms with van der Waals surface area (Å²) < 4.78 is 7.40. The van der Waals surface area contributed by atoms with E-state index in [1.165, 1.54) is 24.6 Å². The number of carbonyl (C=O) groups is 1. The van der Waals surface area contributed by atoms with Gasteiger partial charge in [-0.2, -0.15) is 0 Å². The topological polar surface area (TPSA) is 68.5 Å². The van der Waals surface area contributed by atoms with Crippen molar-refractivity contribution in [2.75, 3.05) is 7.11 Å². The first-order valence-corrected chi connectivity index (χ1v) is 10.2. The molecule has 7 heteroatoms. The van der Waals surface area contributed by atoms with Crippen molar-refractivity contribution in [2.45, 2.75) is 56.0 Å². The van der Waals surface area contributed by atoms with Crippen LogP contribution >= 0.6 is 11.8 Å². The number of thioether (sulfide) groups is 1. The Labute approximate surface area is 162 Å². The fourth-order valence-electron chi connectivity index (χ4n) is 3.71. The van der Waals surface area contributed by atoms with E-state index in [1.54, 1.807) is 7.11 Å². The number of hydrogen-bond donors (Lipinski definition) is 1. The maximum atomic E-state index is 12.6. The van der Waals surface area contributed by atoms with Gasteiger partial charge in [0.25, 0.3) is 0 Å².